The van der Waals surface area contributed by atoms with E-state index in [0.29, 0.717) is 5.41 Å². The molecule has 0 aliphatic rings. The molecule has 0 rings (SSSR count). The maximum absolute atomic E-state index is 4.60. The first kappa shape index (κ1) is 16.7. The van der Waals surface area contributed by atoms with Gasteiger partial charge in [-0.25, -0.2) is 0 Å². The quantitative estimate of drug-likeness (QED) is 0.597. The molecule has 0 N–H and O–H groups in total. The number of thioether (sulfide) groups is 1. The third-order valence-corrected chi connectivity index (χ3v) is 4.44. The lowest BCUT2D eigenvalue weighted by Gasteiger charge is -2.36. The van der Waals surface area contributed by atoms with Crippen molar-refractivity contribution in [3.05, 3.63) is 0 Å². The Morgan fingerprint density at radius 3 is 2.12 bits per heavy atom. The van der Waals surface area contributed by atoms with Crippen molar-refractivity contribution < 1.29 is 0 Å². The Balaban J connectivity index is 4.26. The molecule has 98 valence electrons. The summed E-state index contributed by atoms with van der Waals surface area (Å²) < 4.78 is 0. The van der Waals surface area contributed by atoms with E-state index in [2.05, 4.69) is 44.7 Å². The first-order valence-electron chi connectivity index (χ1n) is 6.42. The van der Waals surface area contributed by atoms with Gasteiger partial charge in [-0.15, -0.1) is 0 Å². The molecule has 0 heterocycles. The summed E-state index contributed by atoms with van der Waals surface area (Å²) in [5.74, 6) is 2.26. The minimum Gasteiger partial charge on any atom is -0.305 e. The average molecular weight is 264 g/mol. The average Bonchev–Trinajstić information content (AvgIpc) is 2.27. The SMILES string of the molecule is CCCC(CS)(CCC)CN(C)CCSC. The van der Waals surface area contributed by atoms with Crippen molar-refractivity contribution in [3.8, 4) is 0 Å². The molecule has 0 aromatic rings. The number of hydrogen-bond acceptors (Lipinski definition) is 3. The monoisotopic (exact) mass is 263 g/mol. The van der Waals surface area contributed by atoms with E-state index in [4.69, 9.17) is 0 Å². The van der Waals surface area contributed by atoms with Gasteiger partial charge >= 0.3 is 0 Å². The van der Waals surface area contributed by atoms with Gasteiger partial charge in [-0.2, -0.15) is 24.4 Å². The fourth-order valence-corrected chi connectivity index (χ4v) is 3.36. The number of hydrogen-bond donors (Lipinski definition) is 1. The van der Waals surface area contributed by atoms with E-state index >= 15 is 0 Å². The van der Waals surface area contributed by atoms with Gasteiger partial charge < -0.3 is 4.90 Å². The van der Waals surface area contributed by atoms with Crippen LogP contribution in [0.15, 0.2) is 0 Å². The van der Waals surface area contributed by atoms with E-state index in [1.54, 1.807) is 0 Å². The Bertz CT molecular complexity index is 156. The molecular formula is C13H29NS2. The normalized spacial score (nSPS) is 12.4. The summed E-state index contributed by atoms with van der Waals surface area (Å²) in [5.41, 5.74) is 0.444. The van der Waals surface area contributed by atoms with Gasteiger partial charge in [-0.1, -0.05) is 26.7 Å². The highest BCUT2D eigenvalue weighted by Gasteiger charge is 2.27. The molecule has 1 nitrogen and oxygen atoms in total. The molecule has 0 aromatic carbocycles. The smallest absolute Gasteiger partial charge is 0.00694 e. The molecule has 0 fully saturated rings. The van der Waals surface area contributed by atoms with Gasteiger partial charge in [0.1, 0.15) is 0 Å². The lowest BCUT2D eigenvalue weighted by atomic mass is 9.80. The zero-order chi connectivity index (χ0) is 12.4. The molecule has 0 aromatic heterocycles. The first-order chi connectivity index (χ1) is 7.64. The van der Waals surface area contributed by atoms with Gasteiger partial charge in [-0.3, -0.25) is 0 Å². The molecule has 0 radical (unpaired) electrons. The van der Waals surface area contributed by atoms with Crippen molar-refractivity contribution in [2.24, 2.45) is 5.41 Å². The predicted octanol–water partition coefficient (Wildman–Crippen LogP) is 3.80. The molecule has 0 aliphatic heterocycles. The van der Waals surface area contributed by atoms with Crippen molar-refractivity contribution in [1.29, 1.82) is 0 Å². The Labute approximate surface area is 112 Å². The molecule has 0 bridgehead atoms. The summed E-state index contributed by atoms with van der Waals surface area (Å²) in [7, 11) is 2.25. The summed E-state index contributed by atoms with van der Waals surface area (Å²) in [6.45, 7) is 6.98. The standard InChI is InChI=1S/C13H29NS2/c1-5-7-13(12-15,8-6-2)11-14(3)9-10-16-4/h15H,5-12H2,1-4H3. The second-order valence-electron chi connectivity index (χ2n) is 4.89. The Hall–Kier alpha value is 0.660. The molecule has 0 atom stereocenters. The Morgan fingerprint density at radius 2 is 1.75 bits per heavy atom. The minimum absolute atomic E-state index is 0.444. The summed E-state index contributed by atoms with van der Waals surface area (Å²) in [4.78, 5) is 2.48. The van der Waals surface area contributed by atoms with Crippen LogP contribution in [0.5, 0.6) is 0 Å². The highest BCUT2D eigenvalue weighted by molar-refractivity contribution is 7.98. The van der Waals surface area contributed by atoms with E-state index in [1.165, 1.54) is 44.5 Å². The highest BCUT2D eigenvalue weighted by Crippen LogP contribution is 2.32. The van der Waals surface area contributed by atoms with Crippen molar-refractivity contribution in [3.63, 3.8) is 0 Å². The topological polar surface area (TPSA) is 3.24 Å². The van der Waals surface area contributed by atoms with Crippen LogP contribution in [0, 0.1) is 5.41 Å². The molecular weight excluding hydrogens is 234 g/mol. The summed E-state index contributed by atoms with van der Waals surface area (Å²) >= 11 is 6.53. The van der Waals surface area contributed by atoms with Gasteiger partial charge in [0.2, 0.25) is 0 Å². The number of nitrogens with zero attached hydrogens (tertiary/aromatic N) is 1. The van der Waals surface area contributed by atoms with E-state index in [-0.39, 0.29) is 0 Å². The Morgan fingerprint density at radius 1 is 1.19 bits per heavy atom. The molecule has 0 saturated carbocycles. The van der Waals surface area contributed by atoms with E-state index < -0.39 is 0 Å². The molecule has 0 amide bonds. The highest BCUT2D eigenvalue weighted by atomic mass is 32.2. The van der Waals surface area contributed by atoms with Crippen LogP contribution in [-0.2, 0) is 0 Å². The number of rotatable bonds is 10. The van der Waals surface area contributed by atoms with Crippen molar-refractivity contribution in [2.45, 2.75) is 39.5 Å². The lowest BCUT2D eigenvalue weighted by Crippen LogP contribution is -2.38. The fraction of sp³-hybridized carbons (Fsp3) is 1.00. The van der Waals surface area contributed by atoms with Crippen LogP contribution in [0.3, 0.4) is 0 Å². The lowest BCUT2D eigenvalue weighted by molar-refractivity contribution is 0.176. The Kier molecular flexibility index (Phi) is 10.1. The van der Waals surface area contributed by atoms with Crippen molar-refractivity contribution >= 4 is 24.4 Å². The van der Waals surface area contributed by atoms with Crippen molar-refractivity contribution in [1.82, 2.24) is 4.90 Å². The fourth-order valence-electron chi connectivity index (χ4n) is 2.45. The second-order valence-corrected chi connectivity index (χ2v) is 6.19. The molecule has 0 unspecified atom stereocenters. The molecule has 3 heteroatoms. The summed E-state index contributed by atoms with van der Waals surface area (Å²) in [6, 6.07) is 0. The van der Waals surface area contributed by atoms with Crippen LogP contribution in [-0.4, -0.2) is 42.8 Å². The summed E-state index contributed by atoms with van der Waals surface area (Å²) in [5, 5.41) is 0. The van der Waals surface area contributed by atoms with Crippen LogP contribution in [0.2, 0.25) is 0 Å². The number of thiol groups is 1. The van der Waals surface area contributed by atoms with E-state index in [9.17, 15) is 0 Å². The first-order valence-corrected chi connectivity index (χ1v) is 8.45. The van der Waals surface area contributed by atoms with E-state index in [0.717, 1.165) is 5.75 Å². The zero-order valence-electron chi connectivity index (χ0n) is 11.5. The van der Waals surface area contributed by atoms with Gasteiger partial charge in [-0.05, 0) is 37.3 Å². The third-order valence-electron chi connectivity index (χ3n) is 3.18. The van der Waals surface area contributed by atoms with Crippen LogP contribution in [0.4, 0.5) is 0 Å². The van der Waals surface area contributed by atoms with Crippen LogP contribution in [0.1, 0.15) is 39.5 Å². The van der Waals surface area contributed by atoms with Crippen LogP contribution < -0.4 is 0 Å². The minimum atomic E-state index is 0.444. The third kappa shape index (κ3) is 6.41. The van der Waals surface area contributed by atoms with Gasteiger partial charge in [0.25, 0.3) is 0 Å². The summed E-state index contributed by atoms with van der Waals surface area (Å²) in [6.07, 6.45) is 7.35. The largest absolute Gasteiger partial charge is 0.305 e. The maximum Gasteiger partial charge on any atom is 0.00694 e. The van der Waals surface area contributed by atoms with Crippen LogP contribution >= 0.6 is 24.4 Å². The molecule has 0 aliphatic carbocycles. The maximum atomic E-state index is 4.60. The van der Waals surface area contributed by atoms with Gasteiger partial charge in [0.05, 0.1) is 0 Å². The van der Waals surface area contributed by atoms with Crippen molar-refractivity contribution in [2.75, 3.05) is 37.9 Å². The van der Waals surface area contributed by atoms with Gasteiger partial charge in [0.15, 0.2) is 0 Å². The van der Waals surface area contributed by atoms with E-state index in [1.807, 2.05) is 11.8 Å². The molecule has 0 spiro atoms. The molecule has 0 saturated heterocycles. The predicted molar refractivity (Wildman–Crippen MR) is 82.0 cm³/mol. The second kappa shape index (κ2) is 9.67. The zero-order valence-corrected chi connectivity index (χ0v) is 13.2. The van der Waals surface area contributed by atoms with Gasteiger partial charge in [0, 0.05) is 18.8 Å². The molecule has 16 heavy (non-hydrogen) atoms. The van der Waals surface area contributed by atoms with Crippen LogP contribution in [0.25, 0.3) is 0 Å².